The number of nitrogens with zero attached hydrogens (tertiary/aromatic N) is 1. The molecule has 0 aromatic heterocycles. The molecule has 0 aliphatic carbocycles. The summed E-state index contributed by atoms with van der Waals surface area (Å²) in [6, 6.07) is 17.2. The molecule has 2 amide bonds. The van der Waals surface area contributed by atoms with Gasteiger partial charge in [-0.2, -0.15) is 0 Å². The van der Waals surface area contributed by atoms with Crippen molar-refractivity contribution in [1.29, 1.82) is 0 Å². The van der Waals surface area contributed by atoms with Crippen molar-refractivity contribution in [3.05, 3.63) is 54.6 Å². The molecule has 136 valence electrons. The van der Waals surface area contributed by atoms with Gasteiger partial charge >= 0.3 is 6.03 Å². The van der Waals surface area contributed by atoms with Crippen LogP contribution in [0.15, 0.2) is 54.6 Å². The van der Waals surface area contributed by atoms with Crippen LogP contribution in [0.4, 0.5) is 10.5 Å². The Kier molecular flexibility index (Phi) is 4.80. The van der Waals surface area contributed by atoms with Crippen LogP contribution in [0.1, 0.15) is 19.3 Å². The second-order valence-electron chi connectivity index (χ2n) is 7.32. The second kappa shape index (κ2) is 7.38. The van der Waals surface area contributed by atoms with E-state index in [1.807, 2.05) is 59.5 Å². The summed E-state index contributed by atoms with van der Waals surface area (Å²) in [5.41, 5.74) is 1.03. The molecule has 2 heterocycles. The van der Waals surface area contributed by atoms with Crippen LogP contribution in [0.2, 0.25) is 0 Å². The van der Waals surface area contributed by atoms with Crippen LogP contribution >= 0.6 is 0 Å². The standard InChI is InChI=1S/C21H25N3O2/c25-20(24-13-5-10-21(16-24)11-12-22-15-21)23-17-6-4-9-19(14-17)26-18-7-2-1-3-8-18/h1-4,6-9,14,22H,5,10-13,15-16H2,(H,23,25)/t21-/m1/s1. The first-order valence-corrected chi connectivity index (χ1v) is 9.32. The number of benzene rings is 2. The first kappa shape index (κ1) is 16.9. The Morgan fingerprint density at radius 2 is 1.92 bits per heavy atom. The van der Waals surface area contributed by atoms with Crippen LogP contribution in [0.25, 0.3) is 0 Å². The van der Waals surface area contributed by atoms with Crippen molar-refractivity contribution in [3.63, 3.8) is 0 Å². The minimum absolute atomic E-state index is 0.0205. The first-order chi connectivity index (χ1) is 12.7. The number of hydrogen-bond acceptors (Lipinski definition) is 3. The Labute approximate surface area is 154 Å². The van der Waals surface area contributed by atoms with Crippen molar-refractivity contribution in [3.8, 4) is 11.5 Å². The lowest BCUT2D eigenvalue weighted by atomic mass is 9.79. The third kappa shape index (κ3) is 3.83. The van der Waals surface area contributed by atoms with Gasteiger partial charge in [0.25, 0.3) is 0 Å². The monoisotopic (exact) mass is 351 g/mol. The Hall–Kier alpha value is -2.53. The highest BCUT2D eigenvalue weighted by Gasteiger charge is 2.39. The van der Waals surface area contributed by atoms with Gasteiger partial charge in [-0.3, -0.25) is 0 Å². The van der Waals surface area contributed by atoms with E-state index in [9.17, 15) is 4.79 Å². The highest BCUT2D eigenvalue weighted by molar-refractivity contribution is 5.89. The van der Waals surface area contributed by atoms with Crippen molar-refractivity contribution in [2.45, 2.75) is 19.3 Å². The van der Waals surface area contributed by atoms with Crippen molar-refractivity contribution >= 4 is 11.7 Å². The minimum Gasteiger partial charge on any atom is -0.457 e. The van der Waals surface area contributed by atoms with Crippen LogP contribution < -0.4 is 15.4 Å². The zero-order valence-corrected chi connectivity index (χ0v) is 14.9. The number of hydrogen-bond donors (Lipinski definition) is 2. The smallest absolute Gasteiger partial charge is 0.321 e. The average Bonchev–Trinajstić information content (AvgIpc) is 3.10. The topological polar surface area (TPSA) is 53.6 Å². The Morgan fingerprint density at radius 3 is 2.73 bits per heavy atom. The maximum atomic E-state index is 12.7. The van der Waals surface area contributed by atoms with E-state index in [1.165, 1.54) is 6.42 Å². The van der Waals surface area contributed by atoms with E-state index >= 15 is 0 Å². The molecule has 1 atom stereocenters. The molecule has 26 heavy (non-hydrogen) atoms. The van der Waals surface area contributed by atoms with E-state index in [0.29, 0.717) is 5.75 Å². The number of anilines is 1. The SMILES string of the molecule is O=C(Nc1cccc(Oc2ccccc2)c1)N1CCC[C@]2(CCNC2)C1. The largest absolute Gasteiger partial charge is 0.457 e. The molecule has 2 N–H and O–H groups in total. The van der Waals surface area contributed by atoms with Crippen molar-refractivity contribution in [2.24, 2.45) is 5.41 Å². The third-order valence-electron chi connectivity index (χ3n) is 5.34. The zero-order valence-electron chi connectivity index (χ0n) is 14.9. The molecule has 0 saturated carbocycles. The number of nitrogens with one attached hydrogen (secondary N) is 2. The van der Waals surface area contributed by atoms with Crippen LogP contribution in [0.5, 0.6) is 11.5 Å². The molecule has 0 unspecified atom stereocenters. The molecule has 2 aromatic rings. The molecule has 1 spiro atoms. The number of ether oxygens (including phenoxy) is 1. The fraction of sp³-hybridized carbons (Fsp3) is 0.381. The van der Waals surface area contributed by atoms with E-state index < -0.39 is 0 Å². The van der Waals surface area contributed by atoms with E-state index in [1.54, 1.807) is 0 Å². The van der Waals surface area contributed by atoms with Gasteiger partial charge in [0.05, 0.1) is 0 Å². The summed E-state index contributed by atoms with van der Waals surface area (Å²) in [6.07, 6.45) is 3.45. The number of likely N-dealkylation sites (tertiary alicyclic amines) is 1. The molecule has 2 fully saturated rings. The number of piperidine rings is 1. The lowest BCUT2D eigenvalue weighted by Crippen LogP contribution is -2.48. The molecular formula is C21H25N3O2. The Bertz CT molecular complexity index is 757. The highest BCUT2D eigenvalue weighted by atomic mass is 16.5. The van der Waals surface area contributed by atoms with Crippen molar-refractivity contribution in [1.82, 2.24) is 10.2 Å². The predicted molar refractivity (Wildman–Crippen MR) is 103 cm³/mol. The van der Waals surface area contributed by atoms with E-state index in [0.717, 1.165) is 50.5 Å². The molecular weight excluding hydrogens is 326 g/mol. The molecule has 2 aliphatic rings. The summed E-state index contributed by atoms with van der Waals surface area (Å²) in [6.45, 7) is 3.76. The number of carbonyl (C=O) groups is 1. The maximum Gasteiger partial charge on any atom is 0.321 e. The van der Waals surface area contributed by atoms with Gasteiger partial charge < -0.3 is 20.3 Å². The summed E-state index contributed by atoms with van der Waals surface area (Å²) in [4.78, 5) is 14.7. The summed E-state index contributed by atoms with van der Waals surface area (Å²) < 4.78 is 5.85. The quantitative estimate of drug-likeness (QED) is 0.876. The zero-order chi connectivity index (χ0) is 17.8. The number of para-hydroxylation sites is 1. The van der Waals surface area contributed by atoms with Crippen LogP contribution in [-0.2, 0) is 0 Å². The Balaban J connectivity index is 1.40. The number of amides is 2. The lowest BCUT2D eigenvalue weighted by Gasteiger charge is -2.39. The fourth-order valence-corrected chi connectivity index (χ4v) is 3.99. The molecule has 5 nitrogen and oxygen atoms in total. The normalized spacial score (nSPS) is 22.4. The van der Waals surface area contributed by atoms with Crippen LogP contribution in [0.3, 0.4) is 0 Å². The first-order valence-electron chi connectivity index (χ1n) is 9.32. The molecule has 2 saturated heterocycles. The summed E-state index contributed by atoms with van der Waals surface area (Å²) >= 11 is 0. The molecule has 5 heteroatoms. The molecule has 4 rings (SSSR count). The lowest BCUT2D eigenvalue weighted by molar-refractivity contribution is 0.125. The van der Waals surface area contributed by atoms with Gasteiger partial charge in [0.1, 0.15) is 11.5 Å². The van der Waals surface area contributed by atoms with Crippen LogP contribution in [0, 0.1) is 5.41 Å². The summed E-state index contributed by atoms with van der Waals surface area (Å²) in [5.74, 6) is 1.49. The Morgan fingerprint density at radius 1 is 1.08 bits per heavy atom. The predicted octanol–water partition coefficient (Wildman–Crippen LogP) is 4.09. The molecule has 2 aliphatic heterocycles. The average molecular weight is 351 g/mol. The third-order valence-corrected chi connectivity index (χ3v) is 5.34. The fourth-order valence-electron chi connectivity index (χ4n) is 3.99. The van der Waals surface area contributed by atoms with E-state index in [-0.39, 0.29) is 11.4 Å². The number of urea groups is 1. The highest BCUT2D eigenvalue weighted by Crippen LogP contribution is 2.35. The molecule has 2 aromatic carbocycles. The van der Waals surface area contributed by atoms with Crippen LogP contribution in [-0.4, -0.2) is 37.1 Å². The van der Waals surface area contributed by atoms with Gasteiger partial charge in [0.2, 0.25) is 0 Å². The molecule has 0 radical (unpaired) electrons. The molecule has 0 bridgehead atoms. The van der Waals surface area contributed by atoms with Crippen molar-refractivity contribution in [2.75, 3.05) is 31.5 Å². The van der Waals surface area contributed by atoms with Crippen molar-refractivity contribution < 1.29 is 9.53 Å². The number of rotatable bonds is 3. The maximum absolute atomic E-state index is 12.7. The number of carbonyl (C=O) groups excluding carboxylic acids is 1. The van der Waals surface area contributed by atoms with Gasteiger partial charge in [0, 0.05) is 36.8 Å². The van der Waals surface area contributed by atoms with Gasteiger partial charge in [-0.05, 0) is 50.1 Å². The summed E-state index contributed by atoms with van der Waals surface area (Å²) in [5, 5.41) is 6.48. The van der Waals surface area contributed by atoms with Gasteiger partial charge in [-0.15, -0.1) is 0 Å². The van der Waals surface area contributed by atoms with E-state index in [2.05, 4.69) is 10.6 Å². The van der Waals surface area contributed by atoms with E-state index in [4.69, 9.17) is 4.74 Å². The van der Waals surface area contributed by atoms with Gasteiger partial charge in [-0.1, -0.05) is 24.3 Å². The van der Waals surface area contributed by atoms with Gasteiger partial charge in [0.15, 0.2) is 0 Å². The second-order valence-corrected chi connectivity index (χ2v) is 7.32. The minimum atomic E-state index is -0.0205. The van der Waals surface area contributed by atoms with Gasteiger partial charge in [-0.25, -0.2) is 4.79 Å². The summed E-state index contributed by atoms with van der Waals surface area (Å²) in [7, 11) is 0.